The number of esters is 1. The number of nitrogen functional groups attached to an aromatic ring is 1. The van der Waals surface area contributed by atoms with Gasteiger partial charge in [-0.3, -0.25) is 0 Å². The molecule has 7 heteroatoms. The number of benzene rings is 3. The van der Waals surface area contributed by atoms with E-state index in [1.54, 1.807) is 25.1 Å². The fourth-order valence-corrected chi connectivity index (χ4v) is 3.50. The van der Waals surface area contributed by atoms with Gasteiger partial charge >= 0.3 is 5.97 Å². The topological polar surface area (TPSA) is 102 Å². The highest BCUT2D eigenvalue weighted by Crippen LogP contribution is 2.32. The first-order valence-electron chi connectivity index (χ1n) is 10.7. The van der Waals surface area contributed by atoms with Crippen LogP contribution in [0.5, 0.6) is 0 Å². The summed E-state index contributed by atoms with van der Waals surface area (Å²) in [6.45, 7) is 2.06. The number of anilines is 4. The Morgan fingerprint density at radius 2 is 1.45 bits per heavy atom. The van der Waals surface area contributed by atoms with Crippen LogP contribution in [0, 0.1) is 0 Å². The lowest BCUT2D eigenvalue weighted by atomic mass is 9.99. The molecule has 1 heterocycles. The number of hydrogen-bond donors (Lipinski definition) is 3. The van der Waals surface area contributed by atoms with Crippen molar-refractivity contribution in [1.82, 2.24) is 9.97 Å². The number of nitrogens with one attached hydrogen (secondary N) is 2. The number of hydrogen-bond acceptors (Lipinski definition) is 7. The van der Waals surface area contributed by atoms with Crippen LogP contribution in [-0.4, -0.2) is 22.5 Å². The fourth-order valence-electron chi connectivity index (χ4n) is 3.50. The van der Waals surface area contributed by atoms with Crippen LogP contribution in [0.3, 0.4) is 0 Å². The number of aromatic nitrogens is 2. The predicted molar refractivity (Wildman–Crippen MR) is 130 cm³/mol. The molecule has 0 bridgehead atoms. The summed E-state index contributed by atoms with van der Waals surface area (Å²) in [7, 11) is 0. The molecule has 33 heavy (non-hydrogen) atoms. The summed E-state index contributed by atoms with van der Waals surface area (Å²) in [4.78, 5) is 21.0. The van der Waals surface area contributed by atoms with Crippen molar-refractivity contribution < 1.29 is 9.53 Å². The van der Waals surface area contributed by atoms with Crippen LogP contribution in [0.25, 0.3) is 0 Å². The van der Waals surface area contributed by atoms with E-state index < -0.39 is 5.97 Å². The van der Waals surface area contributed by atoms with Gasteiger partial charge in [0, 0.05) is 0 Å². The molecule has 0 radical (unpaired) electrons. The monoisotopic (exact) mass is 439 g/mol. The highest BCUT2D eigenvalue weighted by atomic mass is 16.5. The first kappa shape index (κ1) is 21.8. The lowest BCUT2D eigenvalue weighted by molar-refractivity contribution is 0.0527. The summed E-state index contributed by atoms with van der Waals surface area (Å²) >= 11 is 0. The number of nitrogens with two attached hydrogens (primary N) is 1. The molecule has 4 N–H and O–H groups in total. The molecule has 0 unspecified atom stereocenters. The lowest BCUT2D eigenvalue weighted by Gasteiger charge is -2.22. The lowest BCUT2D eigenvalue weighted by Crippen LogP contribution is -2.16. The van der Waals surface area contributed by atoms with E-state index in [4.69, 9.17) is 10.5 Å². The van der Waals surface area contributed by atoms with Crippen molar-refractivity contribution in [2.75, 3.05) is 23.0 Å². The minimum atomic E-state index is -0.417. The number of rotatable bonds is 8. The number of ether oxygens (including phenoxy) is 1. The molecule has 4 aromatic rings. The molecule has 0 atom stereocenters. The van der Waals surface area contributed by atoms with Crippen molar-refractivity contribution in [1.29, 1.82) is 0 Å². The van der Waals surface area contributed by atoms with Gasteiger partial charge in [0.15, 0.2) is 11.6 Å². The van der Waals surface area contributed by atoms with Crippen molar-refractivity contribution in [3.8, 4) is 0 Å². The first-order valence-corrected chi connectivity index (χ1v) is 10.7. The second-order valence-corrected chi connectivity index (χ2v) is 7.27. The third-order valence-corrected chi connectivity index (χ3v) is 5.11. The first-order chi connectivity index (χ1) is 16.2. The van der Waals surface area contributed by atoms with Gasteiger partial charge in [-0.05, 0) is 30.2 Å². The van der Waals surface area contributed by atoms with E-state index in [0.717, 1.165) is 11.1 Å². The molecule has 0 amide bonds. The molecule has 1 aromatic heterocycles. The molecule has 0 saturated heterocycles. The van der Waals surface area contributed by atoms with Crippen LogP contribution < -0.4 is 16.4 Å². The van der Waals surface area contributed by atoms with Crippen molar-refractivity contribution in [2.24, 2.45) is 0 Å². The Balaban J connectivity index is 1.66. The summed E-state index contributed by atoms with van der Waals surface area (Å²) in [5.74, 6) is 0.461. The van der Waals surface area contributed by atoms with Crippen LogP contribution in [0.4, 0.5) is 23.0 Å². The van der Waals surface area contributed by atoms with Crippen LogP contribution in [0.15, 0.2) is 91.3 Å². The van der Waals surface area contributed by atoms with Gasteiger partial charge in [0.25, 0.3) is 0 Å². The van der Waals surface area contributed by atoms with E-state index in [1.807, 2.05) is 42.5 Å². The van der Waals surface area contributed by atoms with E-state index in [2.05, 4.69) is 44.9 Å². The average Bonchev–Trinajstić information content (AvgIpc) is 2.86. The Hall–Kier alpha value is -4.39. The number of nitrogens with zero attached hydrogens (tertiary/aromatic N) is 2. The minimum absolute atomic E-state index is 0.163. The van der Waals surface area contributed by atoms with Crippen molar-refractivity contribution >= 4 is 29.0 Å². The van der Waals surface area contributed by atoms with Crippen LogP contribution in [0.2, 0.25) is 0 Å². The van der Waals surface area contributed by atoms with Gasteiger partial charge in [0.1, 0.15) is 12.0 Å². The van der Waals surface area contributed by atoms with Gasteiger partial charge in [0.05, 0.1) is 23.9 Å². The summed E-state index contributed by atoms with van der Waals surface area (Å²) < 4.78 is 5.16. The van der Waals surface area contributed by atoms with Gasteiger partial charge < -0.3 is 21.1 Å². The molecule has 0 fully saturated rings. The van der Waals surface area contributed by atoms with Crippen molar-refractivity contribution in [3.63, 3.8) is 0 Å². The van der Waals surface area contributed by atoms with Crippen molar-refractivity contribution in [2.45, 2.75) is 13.0 Å². The molecule has 0 spiro atoms. The van der Waals surface area contributed by atoms with Gasteiger partial charge in [-0.1, -0.05) is 72.8 Å². The van der Waals surface area contributed by atoms with Gasteiger partial charge in [-0.25, -0.2) is 14.8 Å². The summed E-state index contributed by atoms with van der Waals surface area (Å²) in [6, 6.07) is 27.1. The normalized spacial score (nSPS) is 10.6. The molecule has 166 valence electrons. The van der Waals surface area contributed by atoms with E-state index in [9.17, 15) is 4.79 Å². The summed E-state index contributed by atoms with van der Waals surface area (Å²) in [5, 5.41) is 6.61. The number of carbonyl (C=O) groups is 1. The predicted octanol–water partition coefficient (Wildman–Crippen LogP) is 5.18. The quantitative estimate of drug-likeness (QED) is 0.325. The molecule has 0 aliphatic heterocycles. The minimum Gasteiger partial charge on any atom is -0.462 e. The summed E-state index contributed by atoms with van der Waals surface area (Å²) in [6.07, 6.45) is 1.43. The Kier molecular flexibility index (Phi) is 6.80. The van der Waals surface area contributed by atoms with Crippen LogP contribution in [0.1, 0.15) is 34.5 Å². The average molecular weight is 440 g/mol. The molecule has 4 rings (SSSR count). The van der Waals surface area contributed by atoms with Gasteiger partial charge in [0.2, 0.25) is 0 Å². The van der Waals surface area contributed by atoms with E-state index in [-0.39, 0.29) is 12.6 Å². The van der Waals surface area contributed by atoms with E-state index in [0.29, 0.717) is 28.6 Å². The zero-order chi connectivity index (χ0) is 23.0. The molecule has 0 saturated carbocycles. The highest BCUT2D eigenvalue weighted by molar-refractivity contribution is 5.97. The molecule has 7 nitrogen and oxygen atoms in total. The van der Waals surface area contributed by atoms with Crippen molar-refractivity contribution in [3.05, 3.63) is 108 Å². The SMILES string of the molecule is CCOC(=O)c1ccccc1Nc1ncnc(NC(c2ccccc2)c2ccccc2)c1N. The highest BCUT2D eigenvalue weighted by Gasteiger charge is 2.19. The molecule has 3 aromatic carbocycles. The van der Waals surface area contributed by atoms with E-state index >= 15 is 0 Å². The maximum Gasteiger partial charge on any atom is 0.340 e. The van der Waals surface area contributed by atoms with Gasteiger partial charge in [-0.2, -0.15) is 0 Å². The maximum atomic E-state index is 12.3. The number of carbonyl (C=O) groups excluding carboxylic acids is 1. The standard InChI is InChI=1S/C26H25N5O2/c1-2-33-26(32)20-15-9-10-16-21(20)30-24-22(27)25(29-17-28-24)31-23(18-11-5-3-6-12-18)19-13-7-4-8-14-19/h3-17,23H,2,27H2,1H3,(H2,28,29,30,31). The second kappa shape index (κ2) is 10.3. The Morgan fingerprint density at radius 3 is 2.09 bits per heavy atom. The molecule has 0 aliphatic rings. The van der Waals surface area contributed by atoms with Crippen LogP contribution in [-0.2, 0) is 4.74 Å². The zero-order valence-corrected chi connectivity index (χ0v) is 18.2. The largest absolute Gasteiger partial charge is 0.462 e. The second-order valence-electron chi connectivity index (χ2n) is 7.27. The maximum absolute atomic E-state index is 12.3. The third-order valence-electron chi connectivity index (χ3n) is 5.11. The third kappa shape index (κ3) is 5.10. The number of para-hydroxylation sites is 1. The van der Waals surface area contributed by atoms with Crippen LogP contribution >= 0.6 is 0 Å². The Labute approximate surface area is 192 Å². The fraction of sp³-hybridized carbons (Fsp3) is 0.115. The molecular formula is C26H25N5O2. The smallest absolute Gasteiger partial charge is 0.340 e. The summed E-state index contributed by atoms with van der Waals surface area (Å²) in [5.41, 5.74) is 9.89. The molecular weight excluding hydrogens is 414 g/mol. The van der Waals surface area contributed by atoms with E-state index in [1.165, 1.54) is 6.33 Å². The Bertz CT molecular complexity index is 1180. The zero-order valence-electron chi connectivity index (χ0n) is 18.2. The molecule has 0 aliphatic carbocycles. The Morgan fingerprint density at radius 1 is 0.879 bits per heavy atom. The van der Waals surface area contributed by atoms with Gasteiger partial charge in [-0.15, -0.1) is 0 Å².